The van der Waals surface area contributed by atoms with E-state index in [1.54, 1.807) is 0 Å². The average Bonchev–Trinajstić information content (AvgIpc) is 3.66. The molecule has 0 unspecified atom stereocenters. The summed E-state index contributed by atoms with van der Waals surface area (Å²) in [5, 5.41) is 4.91. The van der Waals surface area contributed by atoms with Crippen LogP contribution in [0.1, 0.15) is 0 Å². The van der Waals surface area contributed by atoms with Crippen LogP contribution in [0.5, 0.6) is 0 Å². The highest BCUT2D eigenvalue weighted by atomic mass is 15.1. The first-order chi connectivity index (χ1) is 29.8. The lowest BCUT2D eigenvalue weighted by atomic mass is 9.90. The molecular formula is C58H40N2. The van der Waals surface area contributed by atoms with Gasteiger partial charge in [-0.2, -0.15) is 0 Å². The van der Waals surface area contributed by atoms with Crippen molar-refractivity contribution in [2.75, 3.05) is 4.90 Å². The SMILES string of the molecule is c1ccc(-c2ccccc2N(c2ccccc2-c2ccc3c(c2)c2ccccc2n3-c2ccccc2)c2ccccc2-c2cccc3cccc(-c4ccccc4)c23)cc1. The van der Waals surface area contributed by atoms with Crippen LogP contribution in [0.3, 0.4) is 0 Å². The van der Waals surface area contributed by atoms with Gasteiger partial charge in [-0.05, 0) is 87.1 Å². The third-order valence-corrected chi connectivity index (χ3v) is 11.8. The summed E-state index contributed by atoms with van der Waals surface area (Å²) < 4.78 is 2.38. The van der Waals surface area contributed by atoms with Gasteiger partial charge in [-0.3, -0.25) is 0 Å². The smallest absolute Gasteiger partial charge is 0.0541 e. The maximum absolute atomic E-state index is 2.49. The quantitative estimate of drug-likeness (QED) is 0.150. The number of hydrogen-bond donors (Lipinski definition) is 0. The first-order valence-corrected chi connectivity index (χ1v) is 20.6. The Bertz CT molecular complexity index is 3300. The maximum atomic E-state index is 2.49. The molecule has 2 nitrogen and oxygen atoms in total. The second-order valence-electron chi connectivity index (χ2n) is 15.2. The van der Waals surface area contributed by atoms with Gasteiger partial charge in [-0.1, -0.05) is 194 Å². The summed E-state index contributed by atoms with van der Waals surface area (Å²) in [6, 6.07) is 88.0. The first-order valence-electron chi connectivity index (χ1n) is 20.6. The van der Waals surface area contributed by atoms with E-state index in [1.807, 2.05) is 0 Å². The zero-order valence-electron chi connectivity index (χ0n) is 33.0. The predicted octanol–water partition coefficient (Wildman–Crippen LogP) is 16.1. The standard InChI is InChI=1S/C58H40N2/c1-4-20-41(21-5-1)46-28-10-14-34-53(46)60(56-37-17-12-30-49(56)51-33-19-25-43-24-18-32-48(58(43)51)42-22-6-2-7-23-42)54-35-15-11-29-47(54)44-38-39-57-52(40-44)50-31-13-16-36-55(50)59(57)45-26-8-3-9-27-45/h1-40H. The van der Waals surface area contributed by atoms with Gasteiger partial charge in [-0.15, -0.1) is 0 Å². The highest BCUT2D eigenvalue weighted by molar-refractivity contribution is 6.12. The lowest BCUT2D eigenvalue weighted by molar-refractivity contribution is 1.18. The minimum atomic E-state index is 1.10. The van der Waals surface area contributed by atoms with Crippen LogP contribution in [0.15, 0.2) is 243 Å². The van der Waals surface area contributed by atoms with Gasteiger partial charge in [-0.25, -0.2) is 0 Å². The fourth-order valence-electron chi connectivity index (χ4n) is 9.15. The van der Waals surface area contributed by atoms with Crippen LogP contribution in [0, 0.1) is 0 Å². The van der Waals surface area contributed by atoms with E-state index < -0.39 is 0 Å². The largest absolute Gasteiger partial charge is 0.309 e. The molecule has 11 rings (SSSR count). The van der Waals surface area contributed by atoms with Crippen molar-refractivity contribution in [2.45, 2.75) is 0 Å². The molecule has 1 aromatic heterocycles. The third kappa shape index (κ3) is 6.06. The second-order valence-corrected chi connectivity index (χ2v) is 15.2. The molecule has 282 valence electrons. The Labute approximate surface area is 350 Å². The Morgan fingerprint density at radius 2 is 0.750 bits per heavy atom. The highest BCUT2D eigenvalue weighted by Crippen LogP contribution is 2.49. The van der Waals surface area contributed by atoms with E-state index in [0.29, 0.717) is 0 Å². The van der Waals surface area contributed by atoms with Crippen LogP contribution >= 0.6 is 0 Å². The summed E-state index contributed by atoms with van der Waals surface area (Å²) >= 11 is 0. The van der Waals surface area contributed by atoms with E-state index in [1.165, 1.54) is 54.8 Å². The van der Waals surface area contributed by atoms with Crippen molar-refractivity contribution in [3.05, 3.63) is 243 Å². The van der Waals surface area contributed by atoms with Gasteiger partial charge in [0, 0.05) is 33.2 Å². The summed E-state index contributed by atoms with van der Waals surface area (Å²) in [5.41, 5.74) is 16.2. The molecule has 0 aliphatic carbocycles. The van der Waals surface area contributed by atoms with Gasteiger partial charge in [0.1, 0.15) is 0 Å². The topological polar surface area (TPSA) is 8.17 Å². The van der Waals surface area contributed by atoms with Gasteiger partial charge in [0.05, 0.1) is 28.1 Å². The number of aromatic nitrogens is 1. The summed E-state index contributed by atoms with van der Waals surface area (Å²) in [6.45, 7) is 0. The molecule has 0 spiro atoms. The summed E-state index contributed by atoms with van der Waals surface area (Å²) in [5.74, 6) is 0. The molecule has 0 atom stereocenters. The number of nitrogens with zero attached hydrogens (tertiary/aromatic N) is 2. The number of anilines is 3. The molecule has 11 aromatic rings. The second kappa shape index (κ2) is 15.1. The van der Waals surface area contributed by atoms with Gasteiger partial charge in [0.2, 0.25) is 0 Å². The van der Waals surface area contributed by atoms with Crippen LogP contribution in [0.2, 0.25) is 0 Å². The van der Waals surface area contributed by atoms with E-state index >= 15 is 0 Å². The van der Waals surface area contributed by atoms with Crippen LogP contribution < -0.4 is 4.90 Å². The summed E-state index contributed by atoms with van der Waals surface area (Å²) in [4.78, 5) is 2.49. The average molecular weight is 765 g/mol. The van der Waals surface area contributed by atoms with E-state index in [9.17, 15) is 0 Å². The fraction of sp³-hybridized carbons (Fsp3) is 0. The molecule has 2 heteroatoms. The molecule has 0 fully saturated rings. The van der Waals surface area contributed by atoms with Crippen molar-refractivity contribution in [1.82, 2.24) is 4.57 Å². The minimum absolute atomic E-state index is 1.10. The number of fused-ring (bicyclic) bond motifs is 4. The number of para-hydroxylation sites is 5. The Morgan fingerprint density at radius 3 is 1.42 bits per heavy atom. The Kier molecular flexibility index (Phi) is 8.87. The normalized spacial score (nSPS) is 11.3. The van der Waals surface area contributed by atoms with Gasteiger partial charge >= 0.3 is 0 Å². The Hall–Kier alpha value is -7.94. The molecule has 0 aliphatic rings. The van der Waals surface area contributed by atoms with Crippen molar-refractivity contribution in [2.24, 2.45) is 0 Å². The van der Waals surface area contributed by atoms with E-state index in [-0.39, 0.29) is 0 Å². The zero-order chi connectivity index (χ0) is 39.8. The fourth-order valence-corrected chi connectivity index (χ4v) is 9.15. The van der Waals surface area contributed by atoms with E-state index in [2.05, 4.69) is 252 Å². The van der Waals surface area contributed by atoms with Gasteiger partial charge < -0.3 is 9.47 Å². The van der Waals surface area contributed by atoms with E-state index in [4.69, 9.17) is 0 Å². The molecule has 1 heterocycles. The summed E-state index contributed by atoms with van der Waals surface area (Å²) in [7, 11) is 0. The first kappa shape index (κ1) is 35.2. The van der Waals surface area contributed by atoms with Crippen LogP contribution in [0.25, 0.3) is 82.8 Å². The molecule has 0 saturated carbocycles. The molecule has 60 heavy (non-hydrogen) atoms. The van der Waals surface area contributed by atoms with Crippen molar-refractivity contribution < 1.29 is 0 Å². The lowest BCUT2D eigenvalue weighted by Gasteiger charge is -2.32. The van der Waals surface area contributed by atoms with Gasteiger partial charge in [0.25, 0.3) is 0 Å². The molecule has 0 amide bonds. The maximum Gasteiger partial charge on any atom is 0.0541 e. The molecule has 0 N–H and O–H groups in total. The van der Waals surface area contributed by atoms with Crippen LogP contribution in [-0.4, -0.2) is 4.57 Å². The van der Waals surface area contributed by atoms with Crippen molar-refractivity contribution in [3.8, 4) is 50.2 Å². The van der Waals surface area contributed by atoms with Crippen LogP contribution in [-0.2, 0) is 0 Å². The number of rotatable bonds is 8. The van der Waals surface area contributed by atoms with Crippen molar-refractivity contribution in [1.29, 1.82) is 0 Å². The summed E-state index contributed by atoms with van der Waals surface area (Å²) in [6.07, 6.45) is 0. The van der Waals surface area contributed by atoms with Crippen LogP contribution in [0.4, 0.5) is 17.1 Å². The molecule has 0 aliphatic heterocycles. The third-order valence-electron chi connectivity index (χ3n) is 11.8. The van der Waals surface area contributed by atoms with Gasteiger partial charge in [0.15, 0.2) is 0 Å². The lowest BCUT2D eigenvalue weighted by Crippen LogP contribution is -2.13. The zero-order valence-corrected chi connectivity index (χ0v) is 33.0. The van der Waals surface area contributed by atoms with Crippen molar-refractivity contribution in [3.63, 3.8) is 0 Å². The van der Waals surface area contributed by atoms with E-state index in [0.717, 1.165) is 45.0 Å². The monoisotopic (exact) mass is 764 g/mol. The molecule has 0 saturated heterocycles. The molecule has 0 radical (unpaired) electrons. The highest BCUT2D eigenvalue weighted by Gasteiger charge is 2.24. The number of hydrogen-bond acceptors (Lipinski definition) is 1. The Morgan fingerprint density at radius 1 is 0.283 bits per heavy atom. The predicted molar refractivity (Wildman–Crippen MR) is 255 cm³/mol. The minimum Gasteiger partial charge on any atom is -0.309 e. The molecule has 10 aromatic carbocycles. The molecular weight excluding hydrogens is 725 g/mol. The van der Waals surface area contributed by atoms with Crippen molar-refractivity contribution >= 4 is 49.6 Å². The molecule has 0 bridgehead atoms. The Balaban J connectivity index is 1.18. The number of benzene rings is 10.